The van der Waals surface area contributed by atoms with E-state index >= 15 is 0 Å². The Morgan fingerprint density at radius 2 is 2.13 bits per heavy atom. The van der Waals surface area contributed by atoms with Gasteiger partial charge in [-0.05, 0) is 57.7 Å². The first-order chi connectivity index (χ1) is 10.9. The molecule has 0 N–H and O–H groups in total. The average molecular weight is 316 g/mol. The molecule has 5 nitrogen and oxygen atoms in total. The number of fused-ring (bicyclic) bond motifs is 2. The van der Waals surface area contributed by atoms with Gasteiger partial charge in [0.25, 0.3) is 0 Å². The van der Waals surface area contributed by atoms with Gasteiger partial charge in [-0.1, -0.05) is 6.08 Å². The van der Waals surface area contributed by atoms with Crippen molar-refractivity contribution in [2.45, 2.75) is 57.7 Å². The molecule has 0 spiro atoms. The van der Waals surface area contributed by atoms with Crippen LogP contribution in [0.1, 0.15) is 45.6 Å². The summed E-state index contributed by atoms with van der Waals surface area (Å²) in [6.07, 6.45) is 6.50. The number of amides is 1. The second kappa shape index (κ2) is 5.87. The summed E-state index contributed by atoms with van der Waals surface area (Å²) in [4.78, 5) is 18.7. The summed E-state index contributed by atoms with van der Waals surface area (Å²) < 4.78 is 10.9. The highest BCUT2D eigenvalue weighted by atomic mass is 16.6. The summed E-state index contributed by atoms with van der Waals surface area (Å²) in [6.45, 7) is 5.70. The number of nitrogens with zero attached hydrogens (tertiary/aromatic N) is 2. The van der Waals surface area contributed by atoms with Crippen LogP contribution in [0, 0.1) is 0 Å². The molecule has 0 saturated carbocycles. The number of carbonyl (C=O) groups excluding carboxylic acids is 1. The maximum Gasteiger partial charge on any atom is 0.411 e. The van der Waals surface area contributed by atoms with Gasteiger partial charge in [-0.25, -0.2) is 9.78 Å². The van der Waals surface area contributed by atoms with Crippen molar-refractivity contribution in [2.75, 3.05) is 7.11 Å². The Kier molecular flexibility index (Phi) is 4.04. The molecule has 2 aliphatic heterocycles. The molecule has 3 heterocycles. The topological polar surface area (TPSA) is 51.7 Å². The van der Waals surface area contributed by atoms with E-state index in [1.807, 2.05) is 37.8 Å². The predicted octanol–water partition coefficient (Wildman–Crippen LogP) is 3.65. The molecule has 0 aromatic carbocycles. The Balaban J connectivity index is 1.85. The van der Waals surface area contributed by atoms with Crippen molar-refractivity contribution >= 4 is 11.7 Å². The average Bonchev–Trinajstić information content (AvgIpc) is 2.76. The van der Waals surface area contributed by atoms with E-state index in [1.54, 1.807) is 13.3 Å². The first-order valence-corrected chi connectivity index (χ1v) is 8.10. The highest BCUT2D eigenvalue weighted by Gasteiger charge is 2.42. The summed E-state index contributed by atoms with van der Waals surface area (Å²) in [6, 6.07) is 4.24. The molecule has 1 amide bonds. The number of rotatable bonds is 2. The number of hydrogen-bond acceptors (Lipinski definition) is 4. The summed E-state index contributed by atoms with van der Waals surface area (Å²) in [5, 5.41) is 0. The molecule has 2 unspecified atom stereocenters. The van der Waals surface area contributed by atoms with Crippen molar-refractivity contribution in [2.24, 2.45) is 0 Å². The third-order valence-corrected chi connectivity index (χ3v) is 4.31. The van der Waals surface area contributed by atoms with Gasteiger partial charge in [-0.3, -0.25) is 4.90 Å². The molecule has 5 heteroatoms. The first kappa shape index (κ1) is 15.8. The molecular formula is C18H24N2O3. The molecule has 2 aliphatic rings. The summed E-state index contributed by atoms with van der Waals surface area (Å²) in [7, 11) is 1.64. The number of aromatic nitrogens is 1. The normalized spacial score (nSPS) is 23.5. The van der Waals surface area contributed by atoms with E-state index in [0.29, 0.717) is 5.88 Å². The Morgan fingerprint density at radius 3 is 2.78 bits per heavy atom. The lowest BCUT2D eigenvalue weighted by Gasteiger charge is -2.35. The van der Waals surface area contributed by atoms with Gasteiger partial charge in [0.1, 0.15) is 5.60 Å². The van der Waals surface area contributed by atoms with E-state index in [2.05, 4.69) is 11.1 Å². The quantitative estimate of drug-likeness (QED) is 0.836. The highest BCUT2D eigenvalue weighted by molar-refractivity contribution is 5.76. The van der Waals surface area contributed by atoms with Crippen molar-refractivity contribution in [3.63, 3.8) is 0 Å². The summed E-state index contributed by atoms with van der Waals surface area (Å²) in [5.41, 5.74) is 1.77. The van der Waals surface area contributed by atoms with Crippen LogP contribution < -0.4 is 4.74 Å². The van der Waals surface area contributed by atoms with Crippen LogP contribution in [0.25, 0.3) is 5.57 Å². The van der Waals surface area contributed by atoms with E-state index in [-0.39, 0.29) is 18.2 Å². The Bertz CT molecular complexity index is 633. The second-order valence-corrected chi connectivity index (χ2v) is 7.14. The highest BCUT2D eigenvalue weighted by Crippen LogP contribution is 2.40. The predicted molar refractivity (Wildman–Crippen MR) is 88.3 cm³/mol. The van der Waals surface area contributed by atoms with E-state index < -0.39 is 5.60 Å². The minimum atomic E-state index is -0.465. The molecular weight excluding hydrogens is 292 g/mol. The van der Waals surface area contributed by atoms with Crippen LogP contribution in [-0.2, 0) is 4.74 Å². The van der Waals surface area contributed by atoms with Gasteiger partial charge in [0.05, 0.1) is 13.2 Å². The summed E-state index contributed by atoms with van der Waals surface area (Å²) in [5.74, 6) is 0.642. The van der Waals surface area contributed by atoms with Crippen LogP contribution in [0.15, 0.2) is 24.4 Å². The second-order valence-electron chi connectivity index (χ2n) is 7.14. The van der Waals surface area contributed by atoms with Gasteiger partial charge in [0, 0.05) is 17.8 Å². The largest absolute Gasteiger partial charge is 0.481 e. The van der Waals surface area contributed by atoms with Crippen molar-refractivity contribution < 1.29 is 14.3 Å². The van der Waals surface area contributed by atoms with E-state index in [1.165, 1.54) is 5.57 Å². The maximum atomic E-state index is 12.5. The van der Waals surface area contributed by atoms with Gasteiger partial charge in [-0.2, -0.15) is 0 Å². The number of hydrogen-bond donors (Lipinski definition) is 0. The lowest BCUT2D eigenvalue weighted by molar-refractivity contribution is 0.0175. The zero-order valence-corrected chi connectivity index (χ0v) is 14.2. The molecule has 1 aromatic heterocycles. The number of pyridine rings is 1. The fourth-order valence-corrected chi connectivity index (χ4v) is 3.43. The SMILES string of the molecule is COc1ncccc1C1=CC2CCC(C1)N2C(=O)OC(C)(C)C. The van der Waals surface area contributed by atoms with Crippen LogP contribution in [0.2, 0.25) is 0 Å². The van der Waals surface area contributed by atoms with Crippen LogP contribution in [0.3, 0.4) is 0 Å². The van der Waals surface area contributed by atoms with Crippen LogP contribution >= 0.6 is 0 Å². The zero-order chi connectivity index (χ0) is 16.6. The van der Waals surface area contributed by atoms with Gasteiger partial charge in [0.15, 0.2) is 0 Å². The smallest absolute Gasteiger partial charge is 0.411 e. The summed E-state index contributed by atoms with van der Waals surface area (Å²) >= 11 is 0. The Hall–Kier alpha value is -2.04. The minimum Gasteiger partial charge on any atom is -0.481 e. The lowest BCUT2D eigenvalue weighted by Crippen LogP contribution is -2.45. The zero-order valence-electron chi connectivity index (χ0n) is 14.2. The van der Waals surface area contributed by atoms with Crippen LogP contribution in [0.5, 0.6) is 5.88 Å². The van der Waals surface area contributed by atoms with E-state index in [4.69, 9.17) is 9.47 Å². The van der Waals surface area contributed by atoms with E-state index in [9.17, 15) is 4.79 Å². The molecule has 1 aromatic rings. The minimum absolute atomic E-state index is 0.100. The fraction of sp³-hybridized carbons (Fsp3) is 0.556. The lowest BCUT2D eigenvalue weighted by atomic mass is 9.95. The molecule has 2 bridgehead atoms. The molecule has 1 saturated heterocycles. The number of ether oxygens (including phenoxy) is 2. The molecule has 0 radical (unpaired) electrons. The van der Waals surface area contributed by atoms with Crippen molar-refractivity contribution in [3.05, 3.63) is 30.0 Å². The van der Waals surface area contributed by atoms with Crippen LogP contribution in [-0.4, -0.2) is 40.8 Å². The third kappa shape index (κ3) is 3.19. The van der Waals surface area contributed by atoms with Crippen LogP contribution in [0.4, 0.5) is 4.79 Å². The molecule has 0 aliphatic carbocycles. The first-order valence-electron chi connectivity index (χ1n) is 8.10. The molecule has 2 atom stereocenters. The molecule has 3 rings (SSSR count). The van der Waals surface area contributed by atoms with Gasteiger partial charge < -0.3 is 9.47 Å². The maximum absolute atomic E-state index is 12.5. The van der Waals surface area contributed by atoms with Crippen molar-refractivity contribution in [1.29, 1.82) is 0 Å². The molecule has 1 fully saturated rings. The number of carbonyl (C=O) groups is 1. The Labute approximate surface area is 137 Å². The van der Waals surface area contributed by atoms with Crippen molar-refractivity contribution in [1.82, 2.24) is 9.88 Å². The van der Waals surface area contributed by atoms with Gasteiger partial charge in [-0.15, -0.1) is 0 Å². The van der Waals surface area contributed by atoms with Gasteiger partial charge in [0.2, 0.25) is 5.88 Å². The van der Waals surface area contributed by atoms with E-state index in [0.717, 1.165) is 24.8 Å². The molecule has 23 heavy (non-hydrogen) atoms. The fourth-order valence-electron chi connectivity index (χ4n) is 3.43. The Morgan fingerprint density at radius 1 is 1.35 bits per heavy atom. The standard InChI is InChI=1S/C18H24N2O3/c1-18(2,3)23-17(21)20-13-7-8-14(20)11-12(10-13)15-6-5-9-19-16(15)22-4/h5-6,9-10,13-14H,7-8,11H2,1-4H3. The monoisotopic (exact) mass is 316 g/mol. The third-order valence-electron chi connectivity index (χ3n) is 4.31. The molecule has 124 valence electrons. The number of methoxy groups -OCH3 is 1. The van der Waals surface area contributed by atoms with Crippen molar-refractivity contribution in [3.8, 4) is 5.88 Å². The van der Waals surface area contributed by atoms with Gasteiger partial charge >= 0.3 is 6.09 Å².